The molecule has 1 aliphatic heterocycles. The lowest BCUT2D eigenvalue weighted by Gasteiger charge is -2.14. The van der Waals surface area contributed by atoms with E-state index in [0.29, 0.717) is 17.7 Å². The van der Waals surface area contributed by atoms with Crippen LogP contribution in [-0.2, 0) is 22.0 Å². The van der Waals surface area contributed by atoms with Crippen molar-refractivity contribution < 1.29 is 13.3 Å². The van der Waals surface area contributed by atoms with Gasteiger partial charge in [0.25, 0.3) is 5.69 Å². The molecule has 1 aromatic heterocycles. The summed E-state index contributed by atoms with van der Waals surface area (Å²) in [6, 6.07) is 1.29. The number of hydrogen-bond acceptors (Lipinski definition) is 5. The van der Waals surface area contributed by atoms with E-state index in [9.17, 15) is 18.5 Å². The van der Waals surface area contributed by atoms with Crippen molar-refractivity contribution in [1.82, 2.24) is 4.98 Å². The maximum atomic E-state index is 11.3. The lowest BCUT2D eigenvalue weighted by molar-refractivity contribution is -0.385. The second-order valence-electron chi connectivity index (χ2n) is 3.40. The predicted molar refractivity (Wildman–Crippen MR) is 52.1 cm³/mol. The molecule has 0 bridgehead atoms. The van der Waals surface area contributed by atoms with Gasteiger partial charge in [-0.15, -0.1) is 0 Å². The minimum absolute atomic E-state index is 0.0742. The fourth-order valence-corrected chi connectivity index (χ4v) is 2.91. The minimum atomic E-state index is -3.10. The van der Waals surface area contributed by atoms with E-state index < -0.39 is 14.8 Å². The van der Waals surface area contributed by atoms with E-state index in [1.165, 1.54) is 6.07 Å². The van der Waals surface area contributed by atoms with Crippen LogP contribution in [0.25, 0.3) is 0 Å². The third kappa shape index (κ3) is 1.96. The number of aromatic nitrogens is 1. The van der Waals surface area contributed by atoms with Crippen molar-refractivity contribution >= 4 is 15.5 Å². The zero-order chi connectivity index (χ0) is 11.1. The Labute approximate surface area is 86.0 Å². The van der Waals surface area contributed by atoms with Crippen LogP contribution < -0.4 is 0 Å². The Balaban J connectivity index is 2.48. The molecule has 2 heterocycles. The summed E-state index contributed by atoms with van der Waals surface area (Å²) in [5.74, 6) is -0.0676. The maximum Gasteiger partial charge on any atom is 0.287 e. The third-order valence-electron chi connectivity index (χ3n) is 2.28. The van der Waals surface area contributed by atoms with Crippen LogP contribution in [0.3, 0.4) is 0 Å². The van der Waals surface area contributed by atoms with Crippen molar-refractivity contribution in [2.24, 2.45) is 0 Å². The molecule has 7 heteroatoms. The smallest absolute Gasteiger partial charge is 0.258 e. The Morgan fingerprint density at radius 1 is 1.47 bits per heavy atom. The number of aryl methyl sites for hydroxylation is 1. The molecule has 2 rings (SSSR count). The molecule has 80 valence electrons. The van der Waals surface area contributed by atoms with Gasteiger partial charge in [-0.3, -0.25) is 15.1 Å². The van der Waals surface area contributed by atoms with Crippen molar-refractivity contribution in [2.45, 2.75) is 12.2 Å². The Kier molecular flexibility index (Phi) is 2.18. The van der Waals surface area contributed by atoms with Gasteiger partial charge in [-0.25, -0.2) is 8.42 Å². The second-order valence-corrected chi connectivity index (χ2v) is 5.58. The Morgan fingerprint density at radius 2 is 2.20 bits per heavy atom. The van der Waals surface area contributed by atoms with Gasteiger partial charge in [-0.1, -0.05) is 0 Å². The summed E-state index contributed by atoms with van der Waals surface area (Å²) >= 11 is 0. The molecule has 1 aromatic rings. The largest absolute Gasteiger partial charge is 0.287 e. The van der Waals surface area contributed by atoms with Crippen LogP contribution in [0, 0.1) is 10.1 Å². The normalized spacial score (nSPS) is 18.1. The highest BCUT2D eigenvalue weighted by atomic mass is 32.2. The molecule has 0 unspecified atom stereocenters. The molecule has 15 heavy (non-hydrogen) atoms. The maximum absolute atomic E-state index is 11.3. The molecule has 0 saturated heterocycles. The van der Waals surface area contributed by atoms with Gasteiger partial charge in [0.1, 0.15) is 6.20 Å². The Morgan fingerprint density at radius 3 is 2.87 bits per heavy atom. The van der Waals surface area contributed by atoms with Gasteiger partial charge in [0.15, 0.2) is 9.84 Å². The number of rotatable bonds is 1. The minimum Gasteiger partial charge on any atom is -0.258 e. The van der Waals surface area contributed by atoms with E-state index in [-0.39, 0.29) is 17.2 Å². The summed E-state index contributed by atoms with van der Waals surface area (Å²) in [5.41, 5.74) is 0.941. The summed E-state index contributed by atoms with van der Waals surface area (Å²) in [7, 11) is -3.10. The lowest BCUT2D eigenvalue weighted by atomic mass is 10.1. The average molecular weight is 228 g/mol. The van der Waals surface area contributed by atoms with Gasteiger partial charge in [0, 0.05) is 18.2 Å². The summed E-state index contributed by atoms with van der Waals surface area (Å²) < 4.78 is 22.6. The first-order valence-electron chi connectivity index (χ1n) is 4.30. The molecule has 1 aliphatic rings. The Bertz CT molecular complexity index is 523. The molecule has 0 spiro atoms. The molecule has 0 fully saturated rings. The van der Waals surface area contributed by atoms with Gasteiger partial charge in [0.05, 0.1) is 16.4 Å². The molecule has 6 nitrogen and oxygen atoms in total. The number of nitrogens with zero attached hydrogens (tertiary/aromatic N) is 2. The van der Waals surface area contributed by atoms with Crippen molar-refractivity contribution in [1.29, 1.82) is 0 Å². The fraction of sp³-hybridized carbons (Fsp3) is 0.375. The highest BCUT2D eigenvalue weighted by Gasteiger charge is 2.24. The quantitative estimate of drug-likeness (QED) is 0.514. The number of nitro groups is 1. The van der Waals surface area contributed by atoms with E-state index >= 15 is 0 Å². The monoisotopic (exact) mass is 228 g/mol. The van der Waals surface area contributed by atoms with Gasteiger partial charge in [0.2, 0.25) is 0 Å². The topological polar surface area (TPSA) is 90.2 Å². The van der Waals surface area contributed by atoms with Crippen LogP contribution in [-0.4, -0.2) is 24.1 Å². The van der Waals surface area contributed by atoms with Crippen LogP contribution >= 0.6 is 0 Å². The molecule has 0 aromatic carbocycles. The van der Waals surface area contributed by atoms with E-state index in [4.69, 9.17) is 0 Å². The van der Waals surface area contributed by atoms with E-state index in [1.54, 1.807) is 0 Å². The number of hydrogen-bond donors (Lipinski definition) is 0. The standard InChI is InChI=1S/C8H8N2O4S/c11-10(12)7-3-6-5-15(13,14)2-1-8(6)9-4-7/h3-4H,1-2,5H2. The SMILES string of the molecule is O=[N+]([O-])c1cnc2c(c1)CS(=O)(=O)CC2. The molecule has 0 amide bonds. The fourth-order valence-electron chi connectivity index (χ4n) is 1.54. The second kappa shape index (κ2) is 3.27. The first-order chi connectivity index (χ1) is 6.98. The van der Waals surface area contributed by atoms with Gasteiger partial charge in [-0.2, -0.15) is 0 Å². The molecule has 0 radical (unpaired) electrons. The van der Waals surface area contributed by atoms with Crippen molar-refractivity contribution in [3.8, 4) is 0 Å². The molecule has 0 atom stereocenters. The number of fused-ring (bicyclic) bond motifs is 1. The van der Waals surface area contributed by atoms with E-state index in [0.717, 1.165) is 6.20 Å². The Hall–Kier alpha value is -1.50. The molecular formula is C8H8N2O4S. The molecule has 0 N–H and O–H groups in total. The molecule has 0 saturated carbocycles. The first-order valence-corrected chi connectivity index (χ1v) is 6.13. The molecule has 0 aliphatic carbocycles. The summed E-state index contributed by atoms with van der Waals surface area (Å²) in [6.45, 7) is 0. The lowest BCUT2D eigenvalue weighted by Crippen LogP contribution is -2.20. The zero-order valence-corrected chi connectivity index (χ0v) is 8.53. The van der Waals surface area contributed by atoms with Gasteiger partial charge in [-0.05, 0) is 5.56 Å². The highest BCUT2D eigenvalue weighted by molar-refractivity contribution is 7.90. The summed E-state index contributed by atoms with van der Waals surface area (Å²) in [6.07, 6.45) is 1.51. The third-order valence-corrected chi connectivity index (χ3v) is 3.86. The van der Waals surface area contributed by atoms with Gasteiger partial charge >= 0.3 is 0 Å². The number of pyridine rings is 1. The van der Waals surface area contributed by atoms with Crippen LogP contribution in [0.1, 0.15) is 11.3 Å². The van der Waals surface area contributed by atoms with Crippen molar-refractivity contribution in [3.05, 3.63) is 33.6 Å². The summed E-state index contributed by atoms with van der Waals surface area (Å²) in [4.78, 5) is 13.8. The van der Waals surface area contributed by atoms with E-state index in [2.05, 4.69) is 4.98 Å². The molecular weight excluding hydrogens is 220 g/mol. The van der Waals surface area contributed by atoms with Crippen LogP contribution in [0.2, 0.25) is 0 Å². The van der Waals surface area contributed by atoms with Gasteiger partial charge < -0.3 is 0 Å². The number of sulfone groups is 1. The van der Waals surface area contributed by atoms with Crippen LogP contribution in [0.5, 0.6) is 0 Å². The summed E-state index contributed by atoms with van der Waals surface area (Å²) in [5, 5.41) is 10.5. The predicted octanol–water partition coefficient (Wildman–Crippen LogP) is 0.461. The van der Waals surface area contributed by atoms with Crippen molar-refractivity contribution in [3.63, 3.8) is 0 Å². The highest BCUT2D eigenvalue weighted by Crippen LogP contribution is 2.22. The van der Waals surface area contributed by atoms with E-state index in [1.807, 2.05) is 0 Å². The van der Waals surface area contributed by atoms with Crippen LogP contribution in [0.15, 0.2) is 12.3 Å². The first kappa shape index (κ1) is 10.0. The zero-order valence-electron chi connectivity index (χ0n) is 7.71. The van der Waals surface area contributed by atoms with Crippen LogP contribution in [0.4, 0.5) is 5.69 Å². The average Bonchev–Trinajstić information content (AvgIpc) is 2.15. The van der Waals surface area contributed by atoms with Crippen molar-refractivity contribution in [2.75, 3.05) is 5.75 Å².